The van der Waals surface area contributed by atoms with Gasteiger partial charge in [-0.15, -0.1) is 0 Å². The first kappa shape index (κ1) is 20.7. The Bertz CT molecular complexity index is 1280. The summed E-state index contributed by atoms with van der Waals surface area (Å²) >= 11 is 0. The first-order chi connectivity index (χ1) is 16.1. The molecule has 0 unspecified atom stereocenters. The molecular formula is C24H24N6O3. The van der Waals surface area contributed by atoms with E-state index in [1.165, 1.54) is 0 Å². The van der Waals surface area contributed by atoms with Crippen LogP contribution in [0.5, 0.6) is 5.75 Å². The molecule has 1 atom stereocenters. The number of anilines is 2. The normalized spacial score (nSPS) is 15.1. The van der Waals surface area contributed by atoms with Crippen LogP contribution in [0.3, 0.4) is 0 Å². The minimum Gasteiger partial charge on any atom is -0.497 e. The molecule has 4 aromatic rings. The van der Waals surface area contributed by atoms with E-state index < -0.39 is 6.04 Å². The summed E-state index contributed by atoms with van der Waals surface area (Å²) in [5.41, 5.74) is 2.31. The number of ether oxygens (including phenoxy) is 1. The van der Waals surface area contributed by atoms with Gasteiger partial charge in [0.15, 0.2) is 0 Å². The predicted molar refractivity (Wildman–Crippen MR) is 124 cm³/mol. The van der Waals surface area contributed by atoms with E-state index in [4.69, 9.17) is 9.72 Å². The van der Waals surface area contributed by atoms with Gasteiger partial charge >= 0.3 is 0 Å². The van der Waals surface area contributed by atoms with Crippen LogP contribution in [-0.4, -0.2) is 44.6 Å². The van der Waals surface area contributed by atoms with Gasteiger partial charge in [-0.2, -0.15) is 0 Å². The van der Waals surface area contributed by atoms with Crippen molar-refractivity contribution in [1.82, 2.24) is 19.1 Å². The Kier molecular flexibility index (Phi) is 5.52. The number of carbonyl (C=O) groups excluding carboxylic acids is 2. The van der Waals surface area contributed by atoms with Crippen molar-refractivity contribution >= 4 is 34.5 Å². The van der Waals surface area contributed by atoms with E-state index in [0.29, 0.717) is 23.9 Å². The zero-order valence-corrected chi connectivity index (χ0v) is 18.2. The molecule has 9 nitrogen and oxygen atoms in total. The smallest absolute Gasteiger partial charge is 0.253 e. The number of carbonyl (C=O) groups is 2. The fourth-order valence-corrected chi connectivity index (χ4v) is 4.20. The Morgan fingerprint density at radius 3 is 2.70 bits per heavy atom. The van der Waals surface area contributed by atoms with Crippen molar-refractivity contribution in [1.29, 1.82) is 0 Å². The molecule has 2 aromatic heterocycles. The predicted octanol–water partition coefficient (Wildman–Crippen LogP) is 3.25. The third-order valence-electron chi connectivity index (χ3n) is 5.79. The monoisotopic (exact) mass is 444 g/mol. The number of hydrogen-bond acceptors (Lipinski definition) is 5. The number of benzene rings is 2. The molecule has 5 rings (SSSR count). The van der Waals surface area contributed by atoms with Gasteiger partial charge in [0.05, 0.1) is 30.9 Å². The second-order valence-corrected chi connectivity index (χ2v) is 7.91. The largest absolute Gasteiger partial charge is 0.497 e. The highest BCUT2D eigenvalue weighted by Gasteiger charge is 2.40. The lowest BCUT2D eigenvalue weighted by molar-refractivity contribution is -0.124. The maximum atomic E-state index is 13.4. The van der Waals surface area contributed by atoms with Gasteiger partial charge in [0, 0.05) is 31.2 Å². The molecule has 2 amide bonds. The number of aromatic nitrogens is 4. The van der Waals surface area contributed by atoms with Gasteiger partial charge < -0.3 is 14.6 Å². The number of para-hydroxylation sites is 2. The molecule has 0 saturated carbocycles. The maximum absolute atomic E-state index is 13.4. The van der Waals surface area contributed by atoms with E-state index in [9.17, 15) is 9.59 Å². The van der Waals surface area contributed by atoms with Gasteiger partial charge in [0.2, 0.25) is 11.9 Å². The number of aryl methyl sites for hydroxylation is 1. The van der Waals surface area contributed by atoms with Crippen molar-refractivity contribution in [2.24, 2.45) is 0 Å². The van der Waals surface area contributed by atoms with Crippen LogP contribution in [0, 0.1) is 0 Å². The van der Waals surface area contributed by atoms with Gasteiger partial charge in [-0.05, 0) is 42.8 Å². The summed E-state index contributed by atoms with van der Waals surface area (Å²) in [6, 6.07) is 14.1. The summed E-state index contributed by atoms with van der Waals surface area (Å²) in [5.74, 6) is 0.954. The lowest BCUT2D eigenvalue weighted by Crippen LogP contribution is -2.32. The lowest BCUT2D eigenvalue weighted by Gasteiger charge is -2.16. The van der Waals surface area contributed by atoms with Crippen molar-refractivity contribution in [2.45, 2.75) is 25.4 Å². The Balaban J connectivity index is 1.36. The number of imidazole rings is 2. The van der Waals surface area contributed by atoms with Crippen molar-refractivity contribution in [3.05, 3.63) is 67.3 Å². The molecule has 2 aromatic carbocycles. The van der Waals surface area contributed by atoms with Crippen LogP contribution < -0.4 is 15.0 Å². The zero-order chi connectivity index (χ0) is 22.8. The molecule has 0 spiro atoms. The second-order valence-electron chi connectivity index (χ2n) is 7.91. The maximum Gasteiger partial charge on any atom is 0.253 e. The van der Waals surface area contributed by atoms with E-state index in [0.717, 1.165) is 24.0 Å². The van der Waals surface area contributed by atoms with Crippen LogP contribution in [0.25, 0.3) is 11.0 Å². The standard InChI is InChI=1S/C24H24N6O3/c1-33-18-9-7-17(8-10-18)26-22(31)15-21-23(32)29(13-4-12-28-14-11-25-16-28)24-27-19-5-2-3-6-20(19)30(21)24/h2-3,5-11,14,16,21H,4,12-13,15H2,1H3,(H,26,31)/t21-/m0/s1. The van der Waals surface area contributed by atoms with Gasteiger partial charge in [-0.1, -0.05) is 12.1 Å². The van der Waals surface area contributed by atoms with E-state index in [1.54, 1.807) is 48.8 Å². The number of nitrogens with zero attached hydrogens (tertiary/aromatic N) is 5. The van der Waals surface area contributed by atoms with Crippen LogP contribution in [-0.2, 0) is 16.1 Å². The quantitative estimate of drug-likeness (QED) is 0.450. The average Bonchev–Trinajstić information content (AvgIpc) is 3.53. The Labute approximate surface area is 190 Å². The molecule has 3 heterocycles. The first-order valence-corrected chi connectivity index (χ1v) is 10.8. The summed E-state index contributed by atoms with van der Waals surface area (Å²) in [6.45, 7) is 1.25. The van der Waals surface area contributed by atoms with E-state index in [1.807, 2.05) is 39.6 Å². The third-order valence-corrected chi connectivity index (χ3v) is 5.79. The zero-order valence-electron chi connectivity index (χ0n) is 18.2. The van der Waals surface area contributed by atoms with Crippen molar-refractivity contribution in [2.75, 3.05) is 23.9 Å². The fourth-order valence-electron chi connectivity index (χ4n) is 4.20. The number of methoxy groups -OCH3 is 1. The molecule has 0 fully saturated rings. The Morgan fingerprint density at radius 2 is 1.94 bits per heavy atom. The molecule has 0 saturated heterocycles. The number of amides is 2. The fraction of sp³-hybridized carbons (Fsp3) is 0.250. The lowest BCUT2D eigenvalue weighted by atomic mass is 10.1. The van der Waals surface area contributed by atoms with E-state index in [2.05, 4.69) is 10.3 Å². The minimum atomic E-state index is -0.640. The molecule has 1 aliphatic rings. The number of nitrogens with one attached hydrogen (secondary N) is 1. The average molecular weight is 444 g/mol. The molecule has 0 bridgehead atoms. The Morgan fingerprint density at radius 1 is 1.12 bits per heavy atom. The van der Waals surface area contributed by atoms with Gasteiger partial charge in [-0.3, -0.25) is 19.1 Å². The van der Waals surface area contributed by atoms with Crippen LogP contribution in [0.1, 0.15) is 18.9 Å². The number of hydrogen-bond donors (Lipinski definition) is 1. The van der Waals surface area contributed by atoms with Gasteiger partial charge in [-0.25, -0.2) is 9.97 Å². The topological polar surface area (TPSA) is 94.3 Å². The molecule has 33 heavy (non-hydrogen) atoms. The molecule has 0 radical (unpaired) electrons. The highest BCUT2D eigenvalue weighted by atomic mass is 16.5. The van der Waals surface area contributed by atoms with Crippen LogP contribution >= 0.6 is 0 Å². The summed E-state index contributed by atoms with van der Waals surface area (Å²) in [5, 5.41) is 2.88. The van der Waals surface area contributed by atoms with Crippen LogP contribution in [0.2, 0.25) is 0 Å². The highest BCUT2D eigenvalue weighted by Crippen LogP contribution is 2.36. The molecule has 1 N–H and O–H groups in total. The van der Waals surface area contributed by atoms with Crippen LogP contribution in [0.15, 0.2) is 67.3 Å². The molecular weight excluding hydrogens is 420 g/mol. The summed E-state index contributed by atoms with van der Waals surface area (Å²) in [4.78, 5) is 36.7. The van der Waals surface area contributed by atoms with Gasteiger partial charge in [0.25, 0.3) is 5.91 Å². The molecule has 9 heteroatoms. The molecule has 168 valence electrons. The van der Waals surface area contributed by atoms with E-state index >= 15 is 0 Å². The van der Waals surface area contributed by atoms with Gasteiger partial charge in [0.1, 0.15) is 11.8 Å². The minimum absolute atomic E-state index is 0.0240. The van der Waals surface area contributed by atoms with Crippen molar-refractivity contribution in [3.8, 4) is 5.75 Å². The number of fused-ring (bicyclic) bond motifs is 3. The third kappa shape index (κ3) is 4.05. The Hall–Kier alpha value is -4.14. The summed E-state index contributed by atoms with van der Waals surface area (Å²) < 4.78 is 9.02. The van der Waals surface area contributed by atoms with Crippen LogP contribution in [0.4, 0.5) is 11.6 Å². The number of rotatable bonds is 8. The molecule has 1 aliphatic heterocycles. The summed E-state index contributed by atoms with van der Waals surface area (Å²) in [6.07, 6.45) is 6.16. The molecule has 0 aliphatic carbocycles. The highest BCUT2D eigenvalue weighted by molar-refractivity contribution is 6.05. The first-order valence-electron chi connectivity index (χ1n) is 10.8. The van der Waals surface area contributed by atoms with E-state index in [-0.39, 0.29) is 18.2 Å². The second kappa shape index (κ2) is 8.78. The van der Waals surface area contributed by atoms with Crippen molar-refractivity contribution < 1.29 is 14.3 Å². The summed E-state index contributed by atoms with van der Waals surface area (Å²) in [7, 11) is 1.59. The van der Waals surface area contributed by atoms with Crippen molar-refractivity contribution in [3.63, 3.8) is 0 Å². The SMILES string of the molecule is COc1ccc(NC(=O)C[C@H]2C(=O)N(CCCn3ccnc3)c3nc4ccccc4n32)cc1.